The summed E-state index contributed by atoms with van der Waals surface area (Å²) >= 11 is 0. The van der Waals surface area contributed by atoms with Gasteiger partial charge in [-0.1, -0.05) is 45.4 Å². The quantitative estimate of drug-likeness (QED) is 0.277. The van der Waals surface area contributed by atoms with Gasteiger partial charge in [-0.05, 0) is 46.4 Å². The van der Waals surface area contributed by atoms with Gasteiger partial charge in [0.25, 0.3) is 0 Å². The zero-order valence-electron chi connectivity index (χ0n) is 19.1. The molecule has 0 aliphatic rings. The summed E-state index contributed by atoms with van der Waals surface area (Å²) in [5.41, 5.74) is 0.852. The predicted molar refractivity (Wildman–Crippen MR) is 115 cm³/mol. The Kier molecular flexibility index (Phi) is 8.85. The maximum atomic E-state index is 12.8. The molecule has 0 saturated carbocycles. The maximum absolute atomic E-state index is 12.8. The molecule has 0 bridgehead atoms. The molecule has 0 saturated heterocycles. The largest absolute Gasteiger partial charge is 0.482 e. The average molecular weight is 490 g/mol. The predicted octanol–water partition coefficient (Wildman–Crippen LogP) is 6.22. The van der Waals surface area contributed by atoms with E-state index in [2.05, 4.69) is 25.5 Å². The summed E-state index contributed by atoms with van der Waals surface area (Å²) in [4.78, 5) is 23.4. The minimum atomic E-state index is -5.81. The first-order valence-electron chi connectivity index (χ1n) is 10.6. The van der Waals surface area contributed by atoms with Crippen molar-refractivity contribution >= 4 is 22.7 Å². The topological polar surface area (TPSA) is 61.8 Å². The van der Waals surface area contributed by atoms with Crippen LogP contribution in [0.15, 0.2) is 36.4 Å². The SMILES string of the molecule is CCC(C)(C)CCC(=O)OCc1ccc2cc(OCC(=O)OCC(F)(F)C(F)(F)F)ccc2c1. The van der Waals surface area contributed by atoms with Crippen LogP contribution in [-0.4, -0.2) is 37.3 Å². The van der Waals surface area contributed by atoms with E-state index >= 15 is 0 Å². The Morgan fingerprint density at radius 1 is 0.882 bits per heavy atom. The molecule has 0 atom stereocenters. The van der Waals surface area contributed by atoms with Gasteiger partial charge in [0.15, 0.2) is 13.2 Å². The van der Waals surface area contributed by atoms with Crippen LogP contribution in [0.2, 0.25) is 0 Å². The molecule has 0 aliphatic carbocycles. The molecular weight excluding hydrogens is 463 g/mol. The lowest BCUT2D eigenvalue weighted by atomic mass is 9.85. The summed E-state index contributed by atoms with van der Waals surface area (Å²) in [6.45, 7) is 3.44. The fourth-order valence-corrected chi connectivity index (χ4v) is 2.74. The van der Waals surface area contributed by atoms with Crippen molar-refractivity contribution in [3.05, 3.63) is 42.0 Å². The zero-order valence-corrected chi connectivity index (χ0v) is 19.1. The molecule has 2 aromatic carbocycles. The second kappa shape index (κ2) is 11.0. The highest BCUT2D eigenvalue weighted by atomic mass is 19.4. The highest BCUT2D eigenvalue weighted by Gasteiger charge is 2.58. The summed E-state index contributed by atoms with van der Waals surface area (Å²) in [6, 6.07) is 10.0. The molecule has 0 radical (unpaired) electrons. The molecule has 0 amide bonds. The zero-order chi connectivity index (χ0) is 25.6. The third-order valence-corrected chi connectivity index (χ3v) is 5.42. The Labute approximate surface area is 194 Å². The number of hydrogen-bond donors (Lipinski definition) is 0. The minimum absolute atomic E-state index is 0.0760. The average Bonchev–Trinajstić information content (AvgIpc) is 2.77. The fraction of sp³-hybridized carbons (Fsp3) is 0.500. The van der Waals surface area contributed by atoms with Crippen LogP contribution in [0.4, 0.5) is 22.0 Å². The number of rotatable bonds is 11. The van der Waals surface area contributed by atoms with E-state index in [9.17, 15) is 31.5 Å². The summed E-state index contributed by atoms with van der Waals surface area (Å²) in [5.74, 6) is -6.57. The Morgan fingerprint density at radius 2 is 1.53 bits per heavy atom. The van der Waals surface area contributed by atoms with Crippen molar-refractivity contribution in [2.24, 2.45) is 5.41 Å². The van der Waals surface area contributed by atoms with Crippen molar-refractivity contribution < 1.29 is 45.8 Å². The van der Waals surface area contributed by atoms with Crippen LogP contribution in [0, 0.1) is 5.41 Å². The van der Waals surface area contributed by atoms with E-state index in [1.807, 2.05) is 6.07 Å². The number of ether oxygens (including phenoxy) is 3. The van der Waals surface area contributed by atoms with E-state index in [0.29, 0.717) is 11.8 Å². The van der Waals surface area contributed by atoms with E-state index in [4.69, 9.17) is 9.47 Å². The number of fused-ring (bicyclic) bond motifs is 1. The van der Waals surface area contributed by atoms with Gasteiger partial charge in [-0.15, -0.1) is 0 Å². The first-order chi connectivity index (χ1) is 15.7. The van der Waals surface area contributed by atoms with Gasteiger partial charge in [0, 0.05) is 6.42 Å². The first-order valence-corrected chi connectivity index (χ1v) is 10.6. The van der Waals surface area contributed by atoms with Crippen molar-refractivity contribution in [3.63, 3.8) is 0 Å². The molecule has 10 heteroatoms. The number of halogens is 5. The normalized spacial score (nSPS) is 12.5. The third-order valence-electron chi connectivity index (χ3n) is 5.42. The van der Waals surface area contributed by atoms with Crippen LogP contribution in [-0.2, 0) is 25.7 Å². The number of hydrogen-bond acceptors (Lipinski definition) is 5. The molecule has 0 unspecified atom stereocenters. The maximum Gasteiger partial charge on any atom is 0.456 e. The first kappa shape index (κ1) is 27.3. The van der Waals surface area contributed by atoms with Crippen LogP contribution in [0.3, 0.4) is 0 Å². The lowest BCUT2D eigenvalue weighted by Gasteiger charge is -2.21. The number of alkyl halides is 5. The molecule has 0 spiro atoms. The van der Waals surface area contributed by atoms with Crippen LogP contribution in [0.25, 0.3) is 10.8 Å². The second-order valence-electron chi connectivity index (χ2n) is 8.67. The van der Waals surface area contributed by atoms with Gasteiger partial charge in [-0.2, -0.15) is 22.0 Å². The van der Waals surface area contributed by atoms with Crippen molar-refractivity contribution in [1.29, 1.82) is 0 Å². The smallest absolute Gasteiger partial charge is 0.456 e. The Bertz CT molecular complexity index is 1000. The van der Waals surface area contributed by atoms with Crippen molar-refractivity contribution in [2.45, 2.75) is 58.7 Å². The summed E-state index contributed by atoms with van der Waals surface area (Å²) in [6.07, 6.45) is -3.77. The van der Waals surface area contributed by atoms with Crippen LogP contribution < -0.4 is 4.74 Å². The minimum Gasteiger partial charge on any atom is -0.482 e. The van der Waals surface area contributed by atoms with Gasteiger partial charge in [0.2, 0.25) is 0 Å². The van der Waals surface area contributed by atoms with Crippen molar-refractivity contribution in [1.82, 2.24) is 0 Å². The van der Waals surface area contributed by atoms with Gasteiger partial charge in [-0.3, -0.25) is 4.79 Å². The van der Waals surface area contributed by atoms with E-state index in [0.717, 1.165) is 23.8 Å². The van der Waals surface area contributed by atoms with Gasteiger partial charge >= 0.3 is 24.0 Å². The summed E-state index contributed by atoms with van der Waals surface area (Å²) in [5, 5.41) is 1.51. The third kappa shape index (κ3) is 8.14. The van der Waals surface area contributed by atoms with Crippen LogP contribution in [0.5, 0.6) is 5.75 Å². The van der Waals surface area contributed by atoms with Gasteiger partial charge < -0.3 is 14.2 Å². The van der Waals surface area contributed by atoms with Gasteiger partial charge in [-0.25, -0.2) is 4.79 Å². The molecule has 0 aliphatic heterocycles. The molecule has 2 aromatic rings. The van der Waals surface area contributed by atoms with Crippen molar-refractivity contribution in [3.8, 4) is 5.75 Å². The molecule has 34 heavy (non-hydrogen) atoms. The molecule has 2 rings (SSSR count). The van der Waals surface area contributed by atoms with Crippen LogP contribution >= 0.6 is 0 Å². The van der Waals surface area contributed by atoms with Gasteiger partial charge in [0.1, 0.15) is 12.4 Å². The van der Waals surface area contributed by atoms with Crippen molar-refractivity contribution in [2.75, 3.05) is 13.2 Å². The number of esters is 2. The number of benzene rings is 2. The Hall–Kier alpha value is -2.91. The van der Waals surface area contributed by atoms with E-state index in [1.165, 1.54) is 6.07 Å². The number of carbonyl (C=O) groups is 2. The van der Waals surface area contributed by atoms with Crippen LogP contribution in [0.1, 0.15) is 45.6 Å². The standard InChI is InChI=1S/C24H27F5O5/c1-4-22(2,3)10-9-20(30)33-13-16-5-6-18-12-19(8-7-17(18)11-16)32-14-21(31)34-15-23(25,26)24(27,28)29/h5-8,11-12H,4,9-10,13-15H2,1-3H3. The summed E-state index contributed by atoms with van der Waals surface area (Å²) in [7, 11) is 0. The molecule has 0 heterocycles. The second-order valence-corrected chi connectivity index (χ2v) is 8.67. The van der Waals surface area contributed by atoms with E-state index in [-0.39, 0.29) is 23.7 Å². The highest BCUT2D eigenvalue weighted by Crippen LogP contribution is 2.35. The number of carbonyl (C=O) groups excluding carboxylic acids is 2. The monoisotopic (exact) mass is 490 g/mol. The highest BCUT2D eigenvalue weighted by molar-refractivity contribution is 5.84. The van der Waals surface area contributed by atoms with E-state index < -0.39 is 31.3 Å². The Morgan fingerprint density at radius 3 is 2.18 bits per heavy atom. The molecule has 188 valence electrons. The van der Waals surface area contributed by atoms with E-state index in [1.54, 1.807) is 24.3 Å². The van der Waals surface area contributed by atoms with Gasteiger partial charge in [0.05, 0.1) is 0 Å². The molecule has 5 nitrogen and oxygen atoms in total. The fourth-order valence-electron chi connectivity index (χ4n) is 2.74. The molecule has 0 fully saturated rings. The lowest BCUT2D eigenvalue weighted by Crippen LogP contribution is -2.41. The lowest BCUT2D eigenvalue weighted by molar-refractivity contribution is -0.294. The molecule has 0 aromatic heterocycles. The molecule has 0 N–H and O–H groups in total. The Balaban J connectivity index is 1.87. The summed E-state index contributed by atoms with van der Waals surface area (Å²) < 4.78 is 76.3. The molecular formula is C24H27F5O5.